The fraction of sp³-hybridized carbons (Fsp3) is 0.696. The number of hydrogen-bond donors (Lipinski definition) is 2. The van der Waals surface area contributed by atoms with Crippen LogP contribution >= 0.6 is 0 Å². The number of benzene rings is 1. The molecule has 7 nitrogen and oxygen atoms in total. The third-order valence-electron chi connectivity index (χ3n) is 5.89. The maximum atomic E-state index is 5.59. The van der Waals surface area contributed by atoms with Gasteiger partial charge < -0.3 is 29.6 Å². The van der Waals surface area contributed by atoms with Crippen molar-refractivity contribution in [2.45, 2.75) is 45.4 Å². The topological polar surface area (TPSA) is 73.3 Å². The Morgan fingerprint density at radius 1 is 1.00 bits per heavy atom. The maximum Gasteiger partial charge on any atom is 0.203 e. The normalized spacial score (nSPS) is 15.7. The van der Waals surface area contributed by atoms with Crippen molar-refractivity contribution in [1.29, 1.82) is 0 Å². The first kappa shape index (κ1) is 24.1. The first-order valence-corrected chi connectivity index (χ1v) is 10.9. The van der Waals surface area contributed by atoms with Gasteiger partial charge in [-0.15, -0.1) is 0 Å². The quantitative estimate of drug-likeness (QED) is 0.398. The molecule has 1 aromatic carbocycles. The van der Waals surface area contributed by atoms with Crippen LogP contribution in [0.25, 0.3) is 0 Å². The molecule has 0 amide bonds. The van der Waals surface area contributed by atoms with Gasteiger partial charge in [0.15, 0.2) is 17.5 Å². The average Bonchev–Trinajstić information content (AvgIpc) is 3.24. The second-order valence-electron chi connectivity index (χ2n) is 7.82. The lowest BCUT2D eigenvalue weighted by molar-refractivity contribution is 0.141. The number of methoxy groups -OCH3 is 4. The van der Waals surface area contributed by atoms with Gasteiger partial charge in [0.2, 0.25) is 5.75 Å². The average molecular weight is 422 g/mol. The zero-order valence-electron chi connectivity index (χ0n) is 19.3. The molecule has 1 aliphatic carbocycles. The van der Waals surface area contributed by atoms with Crippen molar-refractivity contribution < 1.29 is 18.9 Å². The SMILES string of the molecule is CCNC(=NCC1(CCOC)CCCC1)NCCc1ccc(OC)c(OC)c1OC. The number of ether oxygens (including phenoxy) is 4. The van der Waals surface area contributed by atoms with Gasteiger partial charge in [0.1, 0.15) is 0 Å². The minimum Gasteiger partial charge on any atom is -0.493 e. The van der Waals surface area contributed by atoms with E-state index in [2.05, 4.69) is 17.6 Å². The smallest absolute Gasteiger partial charge is 0.203 e. The van der Waals surface area contributed by atoms with Crippen molar-refractivity contribution in [1.82, 2.24) is 10.6 Å². The molecule has 1 aromatic rings. The van der Waals surface area contributed by atoms with Crippen LogP contribution in [-0.2, 0) is 11.2 Å². The summed E-state index contributed by atoms with van der Waals surface area (Å²) in [5, 5.41) is 6.83. The van der Waals surface area contributed by atoms with E-state index in [1.54, 1.807) is 28.4 Å². The zero-order chi connectivity index (χ0) is 21.8. The number of guanidine groups is 1. The lowest BCUT2D eigenvalue weighted by Crippen LogP contribution is -2.39. The molecule has 1 saturated carbocycles. The van der Waals surface area contributed by atoms with Gasteiger partial charge in [-0.05, 0) is 44.1 Å². The van der Waals surface area contributed by atoms with E-state index in [0.29, 0.717) is 17.2 Å². The van der Waals surface area contributed by atoms with Crippen molar-refractivity contribution in [3.63, 3.8) is 0 Å². The first-order chi connectivity index (χ1) is 14.6. The third kappa shape index (κ3) is 6.42. The summed E-state index contributed by atoms with van der Waals surface area (Å²) in [4.78, 5) is 4.92. The van der Waals surface area contributed by atoms with Crippen LogP contribution in [0.1, 0.15) is 44.6 Å². The minimum absolute atomic E-state index is 0.283. The van der Waals surface area contributed by atoms with Crippen molar-refractivity contribution in [2.75, 3.05) is 54.7 Å². The third-order valence-corrected chi connectivity index (χ3v) is 5.89. The highest BCUT2D eigenvalue weighted by molar-refractivity contribution is 5.79. The van der Waals surface area contributed by atoms with Crippen LogP contribution in [0.2, 0.25) is 0 Å². The largest absolute Gasteiger partial charge is 0.493 e. The highest BCUT2D eigenvalue weighted by Crippen LogP contribution is 2.41. The molecule has 0 atom stereocenters. The van der Waals surface area contributed by atoms with E-state index in [1.807, 2.05) is 12.1 Å². The molecular formula is C23H39N3O4. The molecule has 0 aromatic heterocycles. The number of aliphatic imine (C=N–C) groups is 1. The summed E-state index contributed by atoms with van der Waals surface area (Å²) in [6, 6.07) is 3.93. The minimum atomic E-state index is 0.283. The summed E-state index contributed by atoms with van der Waals surface area (Å²) >= 11 is 0. The molecule has 0 aliphatic heterocycles. The Morgan fingerprint density at radius 3 is 2.33 bits per heavy atom. The van der Waals surface area contributed by atoms with Gasteiger partial charge >= 0.3 is 0 Å². The lowest BCUT2D eigenvalue weighted by Gasteiger charge is -2.27. The van der Waals surface area contributed by atoms with Gasteiger partial charge in [-0.3, -0.25) is 4.99 Å². The lowest BCUT2D eigenvalue weighted by atomic mass is 9.83. The van der Waals surface area contributed by atoms with Crippen LogP contribution in [-0.4, -0.2) is 60.6 Å². The van der Waals surface area contributed by atoms with E-state index in [4.69, 9.17) is 23.9 Å². The fourth-order valence-electron chi connectivity index (χ4n) is 4.19. The van der Waals surface area contributed by atoms with Crippen molar-refractivity contribution in [3.05, 3.63) is 17.7 Å². The highest BCUT2D eigenvalue weighted by atomic mass is 16.5. The predicted octanol–water partition coefficient (Wildman–Crippen LogP) is 3.41. The molecule has 0 radical (unpaired) electrons. The Labute approximate surface area is 181 Å². The molecule has 170 valence electrons. The Balaban J connectivity index is 2.02. The summed E-state index contributed by atoms with van der Waals surface area (Å²) in [5.41, 5.74) is 1.34. The summed E-state index contributed by atoms with van der Waals surface area (Å²) in [6.45, 7) is 5.30. The molecule has 1 aliphatic rings. The molecule has 1 fully saturated rings. The van der Waals surface area contributed by atoms with E-state index in [9.17, 15) is 0 Å². The standard InChI is InChI=1S/C23H39N3O4/c1-6-24-22(26-17-23(14-16-27-2)12-7-8-13-23)25-15-11-18-9-10-19(28-3)21(30-5)20(18)29-4/h9-10H,6-8,11-17H2,1-5H3,(H2,24,25,26). The van der Waals surface area contributed by atoms with Crippen LogP contribution in [0.4, 0.5) is 0 Å². The molecule has 0 heterocycles. The van der Waals surface area contributed by atoms with Gasteiger partial charge in [-0.2, -0.15) is 0 Å². The molecule has 0 spiro atoms. The monoisotopic (exact) mass is 421 g/mol. The summed E-state index contributed by atoms with van der Waals surface area (Å²) in [7, 11) is 6.68. The summed E-state index contributed by atoms with van der Waals surface area (Å²) in [6.07, 6.45) is 6.92. The number of nitrogens with one attached hydrogen (secondary N) is 2. The van der Waals surface area contributed by atoms with Crippen LogP contribution < -0.4 is 24.8 Å². The van der Waals surface area contributed by atoms with Gasteiger partial charge in [-0.1, -0.05) is 18.9 Å². The highest BCUT2D eigenvalue weighted by Gasteiger charge is 2.33. The van der Waals surface area contributed by atoms with E-state index < -0.39 is 0 Å². The molecule has 0 bridgehead atoms. The first-order valence-electron chi connectivity index (χ1n) is 10.9. The Hall–Kier alpha value is -2.15. The molecule has 2 rings (SSSR count). The van der Waals surface area contributed by atoms with Crippen molar-refractivity contribution in [3.8, 4) is 17.2 Å². The van der Waals surface area contributed by atoms with E-state index in [0.717, 1.165) is 50.6 Å². The van der Waals surface area contributed by atoms with Gasteiger partial charge in [0, 0.05) is 38.9 Å². The number of hydrogen-bond acceptors (Lipinski definition) is 5. The molecule has 2 N–H and O–H groups in total. The molecule has 7 heteroatoms. The van der Waals surface area contributed by atoms with Gasteiger partial charge in [0.05, 0.1) is 21.3 Å². The molecule has 0 unspecified atom stereocenters. The van der Waals surface area contributed by atoms with Gasteiger partial charge in [-0.25, -0.2) is 0 Å². The zero-order valence-corrected chi connectivity index (χ0v) is 19.3. The number of rotatable bonds is 12. The number of nitrogens with zero attached hydrogens (tertiary/aromatic N) is 1. The van der Waals surface area contributed by atoms with Crippen molar-refractivity contribution in [2.24, 2.45) is 10.4 Å². The van der Waals surface area contributed by atoms with Crippen LogP contribution in [0, 0.1) is 5.41 Å². The molecular weight excluding hydrogens is 382 g/mol. The van der Waals surface area contributed by atoms with Crippen LogP contribution in [0.3, 0.4) is 0 Å². The predicted molar refractivity (Wildman–Crippen MR) is 121 cm³/mol. The Kier molecular flexibility index (Phi) is 10.1. The summed E-state index contributed by atoms with van der Waals surface area (Å²) in [5.74, 6) is 2.86. The Morgan fingerprint density at radius 2 is 1.73 bits per heavy atom. The fourth-order valence-corrected chi connectivity index (χ4v) is 4.19. The Bertz CT molecular complexity index is 673. The maximum absolute atomic E-state index is 5.59. The van der Waals surface area contributed by atoms with Crippen LogP contribution in [0.5, 0.6) is 17.2 Å². The van der Waals surface area contributed by atoms with Crippen LogP contribution in [0.15, 0.2) is 17.1 Å². The van der Waals surface area contributed by atoms with E-state index >= 15 is 0 Å². The second-order valence-corrected chi connectivity index (χ2v) is 7.82. The van der Waals surface area contributed by atoms with Gasteiger partial charge in [0.25, 0.3) is 0 Å². The second kappa shape index (κ2) is 12.5. The van der Waals surface area contributed by atoms with Crippen molar-refractivity contribution >= 4 is 5.96 Å². The van der Waals surface area contributed by atoms with E-state index in [-0.39, 0.29) is 5.41 Å². The summed E-state index contributed by atoms with van der Waals surface area (Å²) < 4.78 is 21.8. The molecule has 30 heavy (non-hydrogen) atoms. The molecule has 0 saturated heterocycles. The van der Waals surface area contributed by atoms with E-state index in [1.165, 1.54) is 25.7 Å².